The summed E-state index contributed by atoms with van der Waals surface area (Å²) < 4.78 is 14.0. The van der Waals surface area contributed by atoms with Crippen LogP contribution in [0.15, 0.2) is 24.3 Å². The molecule has 2 saturated carbocycles. The van der Waals surface area contributed by atoms with Crippen LogP contribution in [0.4, 0.5) is 4.39 Å². The Bertz CT molecular complexity index is 415. The van der Waals surface area contributed by atoms with E-state index in [2.05, 4.69) is 5.32 Å². The van der Waals surface area contributed by atoms with Crippen molar-refractivity contribution in [3.05, 3.63) is 35.6 Å². The van der Waals surface area contributed by atoms with E-state index in [9.17, 15) is 4.39 Å². The van der Waals surface area contributed by atoms with Gasteiger partial charge in [-0.3, -0.25) is 0 Å². The number of nitrogens with one attached hydrogen (secondary N) is 1. The molecule has 0 aliphatic heterocycles. The van der Waals surface area contributed by atoms with Crippen molar-refractivity contribution in [1.29, 1.82) is 0 Å². The summed E-state index contributed by atoms with van der Waals surface area (Å²) in [7, 11) is 1.97. The van der Waals surface area contributed by atoms with Crippen molar-refractivity contribution in [3.63, 3.8) is 0 Å². The molecule has 92 valence electrons. The largest absolute Gasteiger partial charge is 0.319 e. The molecular weight excluding hydrogens is 213 g/mol. The molecule has 0 aromatic heterocycles. The van der Waals surface area contributed by atoms with Gasteiger partial charge in [0.25, 0.3) is 0 Å². The summed E-state index contributed by atoms with van der Waals surface area (Å²) >= 11 is 0. The van der Waals surface area contributed by atoms with Gasteiger partial charge >= 0.3 is 0 Å². The van der Waals surface area contributed by atoms with E-state index in [0.717, 1.165) is 12.1 Å². The number of rotatable bonds is 3. The zero-order chi connectivity index (χ0) is 11.9. The monoisotopic (exact) mass is 233 g/mol. The van der Waals surface area contributed by atoms with Crippen LogP contribution < -0.4 is 5.32 Å². The molecule has 2 fully saturated rings. The highest BCUT2D eigenvalue weighted by Crippen LogP contribution is 2.64. The molecule has 17 heavy (non-hydrogen) atoms. The third-order valence-electron chi connectivity index (χ3n) is 4.80. The van der Waals surface area contributed by atoms with Crippen LogP contribution in [0.1, 0.15) is 37.7 Å². The van der Waals surface area contributed by atoms with Crippen molar-refractivity contribution in [2.75, 3.05) is 13.6 Å². The number of benzene rings is 1. The second-order valence-corrected chi connectivity index (χ2v) is 6.00. The van der Waals surface area contributed by atoms with Gasteiger partial charge in [-0.05, 0) is 49.8 Å². The highest BCUT2D eigenvalue weighted by atomic mass is 19.1. The molecule has 0 amide bonds. The molecule has 2 aliphatic carbocycles. The van der Waals surface area contributed by atoms with E-state index in [-0.39, 0.29) is 11.2 Å². The van der Waals surface area contributed by atoms with Crippen molar-refractivity contribution >= 4 is 0 Å². The van der Waals surface area contributed by atoms with E-state index >= 15 is 0 Å². The van der Waals surface area contributed by atoms with E-state index in [1.54, 1.807) is 12.1 Å². The van der Waals surface area contributed by atoms with Crippen LogP contribution in [0.2, 0.25) is 0 Å². The number of hydrogen-bond donors (Lipinski definition) is 1. The van der Waals surface area contributed by atoms with Crippen molar-refractivity contribution in [2.24, 2.45) is 5.41 Å². The first-order valence-corrected chi connectivity index (χ1v) is 6.59. The second kappa shape index (κ2) is 3.81. The number of halogens is 1. The lowest BCUT2D eigenvalue weighted by molar-refractivity contribution is -0.0489. The quantitative estimate of drug-likeness (QED) is 0.845. The van der Waals surface area contributed by atoms with Gasteiger partial charge in [-0.15, -0.1) is 0 Å². The van der Waals surface area contributed by atoms with E-state index in [1.807, 2.05) is 19.2 Å². The minimum Gasteiger partial charge on any atom is -0.319 e. The molecular formula is C15H20FN. The van der Waals surface area contributed by atoms with Crippen LogP contribution in [0.25, 0.3) is 0 Å². The summed E-state index contributed by atoms with van der Waals surface area (Å²) in [5, 5.41) is 3.26. The number of likely N-dealkylation sites (N-methyl/N-ethyl adjacent to an activating group) is 1. The molecule has 1 nitrogen and oxygen atoms in total. The summed E-state index contributed by atoms with van der Waals surface area (Å²) in [5.74, 6) is -0.0306. The molecule has 3 rings (SSSR count). The molecule has 0 radical (unpaired) electrons. The summed E-state index contributed by atoms with van der Waals surface area (Å²) in [6.07, 6.45) is 6.41. The molecule has 1 aromatic carbocycles. The maximum Gasteiger partial charge on any atom is 0.127 e. The Kier molecular flexibility index (Phi) is 2.51. The lowest BCUT2D eigenvalue weighted by Gasteiger charge is -2.61. The Morgan fingerprint density at radius 2 is 1.94 bits per heavy atom. The van der Waals surface area contributed by atoms with Gasteiger partial charge in [0.1, 0.15) is 5.82 Å². The van der Waals surface area contributed by atoms with Crippen molar-refractivity contribution in [2.45, 2.75) is 37.5 Å². The maximum absolute atomic E-state index is 14.0. The average molecular weight is 233 g/mol. The highest BCUT2D eigenvalue weighted by Gasteiger charge is 2.57. The lowest BCUT2D eigenvalue weighted by atomic mass is 9.43. The minimum atomic E-state index is -0.0306. The van der Waals surface area contributed by atoms with Gasteiger partial charge in [0.15, 0.2) is 0 Å². The van der Waals surface area contributed by atoms with Crippen LogP contribution in [0.5, 0.6) is 0 Å². The molecule has 2 heteroatoms. The molecule has 1 N–H and O–H groups in total. The highest BCUT2D eigenvalue weighted by molar-refractivity contribution is 5.33. The van der Waals surface area contributed by atoms with Gasteiger partial charge in [-0.2, -0.15) is 0 Å². The molecule has 0 heterocycles. The smallest absolute Gasteiger partial charge is 0.127 e. The second-order valence-electron chi connectivity index (χ2n) is 6.00. The van der Waals surface area contributed by atoms with Crippen LogP contribution in [0, 0.1) is 11.2 Å². The van der Waals surface area contributed by atoms with E-state index in [0.29, 0.717) is 5.41 Å². The first-order chi connectivity index (χ1) is 8.20. The van der Waals surface area contributed by atoms with Crippen LogP contribution in [-0.4, -0.2) is 13.6 Å². The Labute approximate surface area is 102 Å². The normalized spacial score (nSPS) is 24.1. The van der Waals surface area contributed by atoms with Crippen molar-refractivity contribution in [3.8, 4) is 0 Å². The van der Waals surface area contributed by atoms with E-state index in [4.69, 9.17) is 0 Å². The van der Waals surface area contributed by atoms with Gasteiger partial charge < -0.3 is 5.32 Å². The van der Waals surface area contributed by atoms with Gasteiger partial charge in [0.05, 0.1) is 0 Å². The van der Waals surface area contributed by atoms with Gasteiger partial charge in [0, 0.05) is 12.0 Å². The van der Waals surface area contributed by atoms with E-state index < -0.39 is 0 Å². The molecule has 1 aromatic rings. The predicted molar refractivity (Wildman–Crippen MR) is 67.5 cm³/mol. The molecule has 0 bridgehead atoms. The van der Waals surface area contributed by atoms with Crippen LogP contribution in [0.3, 0.4) is 0 Å². The first-order valence-electron chi connectivity index (χ1n) is 6.59. The zero-order valence-corrected chi connectivity index (χ0v) is 10.4. The fourth-order valence-corrected chi connectivity index (χ4v) is 4.05. The number of hydrogen-bond acceptors (Lipinski definition) is 1. The zero-order valence-electron chi connectivity index (χ0n) is 10.4. The molecule has 1 spiro atoms. The molecule has 0 atom stereocenters. The SMILES string of the molecule is CNCC1(c2ccccc2F)CC2(CCC2)C1. The Morgan fingerprint density at radius 1 is 1.24 bits per heavy atom. The van der Waals surface area contributed by atoms with Crippen LogP contribution in [-0.2, 0) is 5.41 Å². The third kappa shape index (κ3) is 1.61. The lowest BCUT2D eigenvalue weighted by Crippen LogP contribution is -2.57. The van der Waals surface area contributed by atoms with Gasteiger partial charge in [-0.25, -0.2) is 4.39 Å². The third-order valence-corrected chi connectivity index (χ3v) is 4.80. The van der Waals surface area contributed by atoms with Crippen molar-refractivity contribution < 1.29 is 4.39 Å². The summed E-state index contributed by atoms with van der Waals surface area (Å²) in [4.78, 5) is 0. The summed E-state index contributed by atoms with van der Waals surface area (Å²) in [6, 6.07) is 7.31. The standard InChI is InChI=1S/C15H20FN/c1-17-11-15(9-14(10-15)7-4-8-14)12-5-2-3-6-13(12)16/h2-3,5-6,17H,4,7-11H2,1H3. The van der Waals surface area contributed by atoms with Crippen LogP contribution >= 0.6 is 0 Å². The molecule has 2 aliphatic rings. The van der Waals surface area contributed by atoms with E-state index in [1.165, 1.54) is 32.1 Å². The summed E-state index contributed by atoms with van der Waals surface area (Å²) in [5.41, 5.74) is 1.55. The average Bonchev–Trinajstić information content (AvgIpc) is 2.21. The maximum atomic E-state index is 14.0. The molecule has 0 unspecified atom stereocenters. The Morgan fingerprint density at radius 3 is 2.47 bits per heavy atom. The Hall–Kier alpha value is -0.890. The summed E-state index contributed by atoms with van der Waals surface area (Å²) in [6.45, 7) is 0.898. The van der Waals surface area contributed by atoms with Crippen molar-refractivity contribution in [1.82, 2.24) is 5.32 Å². The fourth-order valence-electron chi connectivity index (χ4n) is 4.05. The minimum absolute atomic E-state index is 0.0306. The Balaban J connectivity index is 1.89. The molecule has 0 saturated heterocycles. The topological polar surface area (TPSA) is 12.0 Å². The predicted octanol–water partition coefficient (Wildman–Crippen LogP) is 3.25. The van der Waals surface area contributed by atoms with Gasteiger partial charge in [0.2, 0.25) is 0 Å². The van der Waals surface area contributed by atoms with Gasteiger partial charge in [-0.1, -0.05) is 24.6 Å². The fraction of sp³-hybridized carbons (Fsp3) is 0.600. The first kappa shape index (κ1) is 11.2.